The number of hydrogen-bond acceptors (Lipinski definition) is 5. The molecule has 4 N–H and O–H groups in total. The van der Waals surface area contributed by atoms with E-state index in [4.69, 9.17) is 11.5 Å². The van der Waals surface area contributed by atoms with Gasteiger partial charge >= 0.3 is 0 Å². The first-order valence-electron chi connectivity index (χ1n) is 8.55. The molecular formula is C17H21N5O2S. The van der Waals surface area contributed by atoms with E-state index >= 15 is 0 Å². The summed E-state index contributed by atoms with van der Waals surface area (Å²) in [6, 6.07) is 2.23. The second-order valence-corrected chi connectivity index (χ2v) is 7.67. The van der Waals surface area contributed by atoms with Gasteiger partial charge < -0.3 is 20.9 Å². The van der Waals surface area contributed by atoms with Gasteiger partial charge in [-0.15, -0.1) is 11.3 Å². The van der Waals surface area contributed by atoms with E-state index < -0.39 is 5.91 Å². The van der Waals surface area contributed by atoms with E-state index in [1.807, 2.05) is 14.8 Å². The molecule has 0 aromatic carbocycles. The van der Waals surface area contributed by atoms with Crippen LogP contribution in [0.25, 0.3) is 0 Å². The standard InChI is InChI=1S/C17H21N5O2S/c18-15-13(16(19)23)20-9-22(15)11-3-6-21(7-4-11)17(24)14-12(5-8-25-14)10-1-2-10/h5,8-11H,1-4,6-7,18H2,(H2,19,23). The van der Waals surface area contributed by atoms with Crippen molar-refractivity contribution in [2.24, 2.45) is 5.73 Å². The zero-order chi connectivity index (χ0) is 17.6. The van der Waals surface area contributed by atoms with Crippen molar-refractivity contribution in [3.05, 3.63) is 33.9 Å². The summed E-state index contributed by atoms with van der Waals surface area (Å²) in [7, 11) is 0. The van der Waals surface area contributed by atoms with Gasteiger partial charge in [0.15, 0.2) is 5.69 Å². The van der Waals surface area contributed by atoms with E-state index in [0.29, 0.717) is 24.8 Å². The molecule has 0 spiro atoms. The fraction of sp³-hybridized carbons (Fsp3) is 0.471. The van der Waals surface area contributed by atoms with Crippen molar-refractivity contribution in [1.82, 2.24) is 14.5 Å². The highest BCUT2D eigenvalue weighted by Gasteiger charge is 2.32. The zero-order valence-corrected chi connectivity index (χ0v) is 14.7. The molecule has 8 heteroatoms. The number of imidazole rings is 1. The summed E-state index contributed by atoms with van der Waals surface area (Å²) in [6.45, 7) is 1.35. The van der Waals surface area contributed by atoms with Crippen molar-refractivity contribution in [3.8, 4) is 0 Å². The minimum atomic E-state index is -0.617. The summed E-state index contributed by atoms with van der Waals surface area (Å²) in [5.74, 6) is 0.424. The molecule has 0 unspecified atom stereocenters. The molecule has 7 nitrogen and oxygen atoms in total. The van der Waals surface area contributed by atoms with Crippen molar-refractivity contribution in [1.29, 1.82) is 0 Å². The Morgan fingerprint density at radius 2 is 1.92 bits per heavy atom. The van der Waals surface area contributed by atoms with E-state index in [-0.39, 0.29) is 17.6 Å². The number of carbonyl (C=O) groups is 2. The minimum Gasteiger partial charge on any atom is -0.383 e. The molecule has 132 valence electrons. The Labute approximate surface area is 149 Å². The zero-order valence-electron chi connectivity index (χ0n) is 13.9. The Hall–Kier alpha value is -2.35. The fourth-order valence-electron chi connectivity index (χ4n) is 3.55. The van der Waals surface area contributed by atoms with Crippen LogP contribution in [0.15, 0.2) is 17.8 Å². The number of hydrogen-bond donors (Lipinski definition) is 2. The molecule has 2 aliphatic rings. The van der Waals surface area contributed by atoms with Crippen LogP contribution < -0.4 is 11.5 Å². The highest BCUT2D eigenvalue weighted by molar-refractivity contribution is 7.12. The first-order valence-corrected chi connectivity index (χ1v) is 9.43. The van der Waals surface area contributed by atoms with E-state index in [0.717, 1.165) is 17.7 Å². The quantitative estimate of drug-likeness (QED) is 0.870. The van der Waals surface area contributed by atoms with Crippen molar-refractivity contribution < 1.29 is 9.59 Å². The Balaban J connectivity index is 1.44. The van der Waals surface area contributed by atoms with Crippen molar-refractivity contribution in [3.63, 3.8) is 0 Å². The average molecular weight is 359 g/mol. The highest BCUT2D eigenvalue weighted by Crippen LogP contribution is 2.43. The molecule has 0 atom stereocenters. The van der Waals surface area contributed by atoms with Gasteiger partial charge in [0.05, 0.1) is 11.2 Å². The molecule has 0 bridgehead atoms. The molecule has 1 saturated carbocycles. The van der Waals surface area contributed by atoms with Gasteiger partial charge in [-0.1, -0.05) is 0 Å². The van der Waals surface area contributed by atoms with Crippen LogP contribution in [0.1, 0.15) is 63.4 Å². The summed E-state index contributed by atoms with van der Waals surface area (Å²) < 4.78 is 1.81. The van der Waals surface area contributed by atoms with E-state index in [1.54, 1.807) is 17.7 Å². The number of thiophene rings is 1. The molecule has 2 amide bonds. The monoisotopic (exact) mass is 359 g/mol. The lowest BCUT2D eigenvalue weighted by atomic mass is 10.0. The Bertz CT molecular complexity index is 815. The smallest absolute Gasteiger partial charge is 0.271 e. The number of rotatable bonds is 4. The number of nitrogens with zero attached hydrogens (tertiary/aromatic N) is 3. The van der Waals surface area contributed by atoms with Crippen LogP contribution in [0.2, 0.25) is 0 Å². The molecule has 25 heavy (non-hydrogen) atoms. The van der Waals surface area contributed by atoms with Gasteiger partial charge in [-0.2, -0.15) is 0 Å². The van der Waals surface area contributed by atoms with Crippen LogP contribution in [0.4, 0.5) is 5.82 Å². The first-order chi connectivity index (χ1) is 12.1. The lowest BCUT2D eigenvalue weighted by Gasteiger charge is -2.33. The lowest BCUT2D eigenvalue weighted by Crippen LogP contribution is -2.39. The summed E-state index contributed by atoms with van der Waals surface area (Å²) in [4.78, 5) is 31.0. The van der Waals surface area contributed by atoms with Gasteiger partial charge in [-0.25, -0.2) is 4.98 Å². The lowest BCUT2D eigenvalue weighted by molar-refractivity contribution is 0.0699. The molecule has 4 rings (SSSR count). The number of nitrogens with two attached hydrogens (primary N) is 2. The minimum absolute atomic E-state index is 0.117. The average Bonchev–Trinajstić information content (AvgIpc) is 3.20. The van der Waals surface area contributed by atoms with Crippen LogP contribution in [-0.2, 0) is 0 Å². The third kappa shape index (κ3) is 2.90. The number of primary amides is 1. The SMILES string of the molecule is NC(=O)c1ncn(C2CCN(C(=O)c3sccc3C3CC3)CC2)c1N. The van der Waals surface area contributed by atoms with Crippen LogP contribution in [-0.4, -0.2) is 39.4 Å². The molecule has 1 aliphatic heterocycles. The molecule has 0 radical (unpaired) electrons. The van der Waals surface area contributed by atoms with Gasteiger partial charge in [0.2, 0.25) is 0 Å². The van der Waals surface area contributed by atoms with Crippen LogP contribution in [0.3, 0.4) is 0 Å². The van der Waals surface area contributed by atoms with Gasteiger partial charge in [0, 0.05) is 19.1 Å². The summed E-state index contributed by atoms with van der Waals surface area (Å²) >= 11 is 1.55. The summed E-state index contributed by atoms with van der Waals surface area (Å²) in [6.07, 6.45) is 5.54. The molecule has 1 saturated heterocycles. The number of likely N-dealkylation sites (tertiary alicyclic amines) is 1. The molecule has 2 aromatic rings. The normalized spacial score (nSPS) is 18.5. The predicted octanol–water partition coefficient (Wildman–Crippen LogP) is 1.98. The van der Waals surface area contributed by atoms with Crippen LogP contribution in [0.5, 0.6) is 0 Å². The van der Waals surface area contributed by atoms with Crippen molar-refractivity contribution in [2.45, 2.75) is 37.6 Å². The van der Waals surface area contributed by atoms with Gasteiger partial charge in [-0.3, -0.25) is 9.59 Å². The molecule has 2 fully saturated rings. The van der Waals surface area contributed by atoms with Gasteiger partial charge in [0.1, 0.15) is 5.82 Å². The largest absolute Gasteiger partial charge is 0.383 e. The van der Waals surface area contributed by atoms with E-state index in [9.17, 15) is 9.59 Å². The number of anilines is 1. The first kappa shape index (κ1) is 16.1. The number of aromatic nitrogens is 2. The van der Waals surface area contributed by atoms with E-state index in [2.05, 4.69) is 11.1 Å². The molecule has 3 heterocycles. The number of piperidine rings is 1. The summed E-state index contributed by atoms with van der Waals surface area (Å²) in [5, 5.41) is 2.02. The highest BCUT2D eigenvalue weighted by atomic mass is 32.1. The van der Waals surface area contributed by atoms with Gasteiger partial charge in [-0.05, 0) is 48.6 Å². The maximum absolute atomic E-state index is 12.8. The van der Waals surface area contributed by atoms with Crippen LogP contribution >= 0.6 is 11.3 Å². The molecule has 1 aliphatic carbocycles. The molecular weight excluding hydrogens is 338 g/mol. The maximum Gasteiger partial charge on any atom is 0.271 e. The summed E-state index contributed by atoms with van der Waals surface area (Å²) in [5.41, 5.74) is 12.6. The Kier molecular flexibility index (Phi) is 3.99. The third-order valence-electron chi connectivity index (χ3n) is 5.12. The van der Waals surface area contributed by atoms with Crippen molar-refractivity contribution in [2.75, 3.05) is 18.8 Å². The fourth-order valence-corrected chi connectivity index (χ4v) is 4.50. The number of amides is 2. The topological polar surface area (TPSA) is 107 Å². The van der Waals surface area contributed by atoms with Crippen molar-refractivity contribution >= 4 is 29.0 Å². The molecule has 2 aromatic heterocycles. The number of nitrogen functional groups attached to an aromatic ring is 1. The van der Waals surface area contributed by atoms with E-state index in [1.165, 1.54) is 18.4 Å². The third-order valence-corrected chi connectivity index (χ3v) is 6.04. The second kappa shape index (κ2) is 6.18. The van der Waals surface area contributed by atoms with Gasteiger partial charge in [0.25, 0.3) is 11.8 Å². The Morgan fingerprint density at radius 3 is 2.52 bits per heavy atom. The predicted molar refractivity (Wildman–Crippen MR) is 95.6 cm³/mol. The van der Waals surface area contributed by atoms with Crippen LogP contribution in [0, 0.1) is 0 Å². The number of carbonyl (C=O) groups excluding carboxylic acids is 2. The maximum atomic E-state index is 12.8. The Morgan fingerprint density at radius 1 is 1.20 bits per heavy atom. The second-order valence-electron chi connectivity index (χ2n) is 6.75.